The summed E-state index contributed by atoms with van der Waals surface area (Å²) in [4.78, 5) is 16.8. The van der Waals surface area contributed by atoms with Gasteiger partial charge in [0.15, 0.2) is 0 Å². The molecule has 1 atom stereocenters. The lowest BCUT2D eigenvalue weighted by molar-refractivity contribution is -0.0342. The van der Waals surface area contributed by atoms with E-state index in [0.717, 1.165) is 74.3 Å². The molecule has 36 heavy (non-hydrogen) atoms. The zero-order valence-electron chi connectivity index (χ0n) is 21.6. The van der Waals surface area contributed by atoms with Gasteiger partial charge in [-0.05, 0) is 75.8 Å². The topological polar surface area (TPSA) is 42.0 Å². The summed E-state index contributed by atoms with van der Waals surface area (Å²) < 4.78 is 25.8. The van der Waals surface area contributed by atoms with Crippen molar-refractivity contribution in [1.82, 2.24) is 9.80 Å². The normalized spacial score (nSPS) is 21.7. The Hall–Kier alpha value is -2.86. The molecule has 5 nitrogen and oxygen atoms in total. The molecule has 3 aliphatic rings. The predicted molar refractivity (Wildman–Crippen MR) is 139 cm³/mol. The number of carbonyl (C=O) groups excluding carboxylic acids is 1. The van der Waals surface area contributed by atoms with E-state index in [-0.39, 0.29) is 17.3 Å². The van der Waals surface area contributed by atoms with Gasteiger partial charge in [0.1, 0.15) is 23.8 Å². The summed E-state index contributed by atoms with van der Waals surface area (Å²) >= 11 is 0. The van der Waals surface area contributed by atoms with Crippen molar-refractivity contribution in [3.8, 4) is 5.75 Å². The zero-order chi connectivity index (χ0) is 25.3. The molecule has 1 unspecified atom stereocenters. The molecule has 6 heteroatoms. The molecule has 0 aromatic heterocycles. The highest BCUT2D eigenvalue weighted by Gasteiger charge is 2.51. The molecular weight excluding hydrogens is 455 g/mol. The second kappa shape index (κ2) is 9.89. The molecule has 0 radical (unpaired) electrons. The molecule has 1 saturated heterocycles. The number of hydrogen-bond acceptors (Lipinski definition) is 4. The van der Waals surface area contributed by atoms with E-state index < -0.39 is 5.60 Å². The molecule has 2 aliphatic heterocycles. The molecule has 1 saturated carbocycles. The van der Waals surface area contributed by atoms with E-state index in [1.54, 1.807) is 12.1 Å². The largest absolute Gasteiger partial charge is 0.488 e. The fraction of sp³-hybridized carbons (Fsp3) is 0.500. The van der Waals surface area contributed by atoms with Gasteiger partial charge >= 0.3 is 6.09 Å². The van der Waals surface area contributed by atoms with Crippen LogP contribution in [0, 0.1) is 11.2 Å². The Morgan fingerprint density at radius 1 is 1.14 bits per heavy atom. The van der Waals surface area contributed by atoms with Crippen LogP contribution in [0.2, 0.25) is 0 Å². The molecule has 0 bridgehead atoms. The lowest BCUT2D eigenvalue weighted by atomic mass is 9.78. The van der Waals surface area contributed by atoms with Gasteiger partial charge in [0.2, 0.25) is 0 Å². The second-order valence-electron chi connectivity index (χ2n) is 11.6. The van der Waals surface area contributed by atoms with Crippen molar-refractivity contribution in [2.75, 3.05) is 26.2 Å². The summed E-state index contributed by atoms with van der Waals surface area (Å²) in [5.41, 5.74) is 2.89. The highest BCUT2D eigenvalue weighted by molar-refractivity contribution is 5.71. The van der Waals surface area contributed by atoms with Crippen LogP contribution in [0.1, 0.15) is 57.6 Å². The van der Waals surface area contributed by atoms with Gasteiger partial charge in [0, 0.05) is 43.2 Å². The first-order valence-electron chi connectivity index (χ1n) is 13.1. The van der Waals surface area contributed by atoms with Crippen molar-refractivity contribution < 1.29 is 18.7 Å². The zero-order valence-corrected chi connectivity index (χ0v) is 21.6. The Kier molecular flexibility index (Phi) is 6.82. The van der Waals surface area contributed by atoms with Crippen LogP contribution in [0.3, 0.4) is 0 Å². The first-order valence-corrected chi connectivity index (χ1v) is 13.1. The number of carbonyl (C=O) groups is 1. The van der Waals surface area contributed by atoms with Gasteiger partial charge in [0.25, 0.3) is 0 Å². The number of halogens is 1. The van der Waals surface area contributed by atoms with Crippen molar-refractivity contribution in [3.63, 3.8) is 0 Å². The van der Waals surface area contributed by atoms with E-state index in [1.807, 2.05) is 56.0 Å². The SMILES string of the molecule is CC(C)(C)OC(=O)N1CC2(CCC(N3CC=C(c4cc(F)ccc4OCc4ccccc4)CC3)C2)C1. The summed E-state index contributed by atoms with van der Waals surface area (Å²) in [5.74, 6) is 0.495. The summed E-state index contributed by atoms with van der Waals surface area (Å²) in [6, 6.07) is 15.4. The Morgan fingerprint density at radius 2 is 1.92 bits per heavy atom. The molecule has 1 amide bonds. The number of likely N-dealkylation sites (tertiary alicyclic amines) is 1. The number of benzene rings is 2. The highest BCUT2D eigenvalue weighted by Crippen LogP contribution is 2.48. The molecule has 192 valence electrons. The summed E-state index contributed by atoms with van der Waals surface area (Å²) in [6.45, 7) is 9.61. The van der Waals surface area contributed by atoms with E-state index in [0.29, 0.717) is 12.6 Å². The Balaban J connectivity index is 1.18. The number of amides is 1. The van der Waals surface area contributed by atoms with Gasteiger partial charge in [-0.2, -0.15) is 0 Å². The smallest absolute Gasteiger partial charge is 0.410 e. The predicted octanol–water partition coefficient (Wildman–Crippen LogP) is 6.28. The molecule has 2 fully saturated rings. The van der Waals surface area contributed by atoms with Crippen LogP contribution in [0.4, 0.5) is 9.18 Å². The van der Waals surface area contributed by atoms with Crippen molar-refractivity contribution in [2.24, 2.45) is 5.41 Å². The maximum atomic E-state index is 14.2. The molecule has 2 aromatic rings. The van der Waals surface area contributed by atoms with Gasteiger partial charge in [0.05, 0.1) is 0 Å². The molecule has 5 rings (SSSR count). The van der Waals surface area contributed by atoms with Crippen molar-refractivity contribution >= 4 is 11.7 Å². The maximum Gasteiger partial charge on any atom is 0.410 e. The first-order chi connectivity index (χ1) is 17.2. The van der Waals surface area contributed by atoms with Crippen molar-refractivity contribution in [1.29, 1.82) is 0 Å². The average molecular weight is 493 g/mol. The maximum absolute atomic E-state index is 14.2. The quantitative estimate of drug-likeness (QED) is 0.492. The van der Waals surface area contributed by atoms with E-state index in [2.05, 4.69) is 11.0 Å². The van der Waals surface area contributed by atoms with Crippen LogP contribution in [0.15, 0.2) is 54.6 Å². The molecule has 1 spiro atoms. The average Bonchev–Trinajstić information content (AvgIpc) is 3.28. The van der Waals surface area contributed by atoms with E-state index in [1.165, 1.54) is 6.07 Å². The Labute approximate surface area is 213 Å². The monoisotopic (exact) mass is 492 g/mol. The molecule has 2 aromatic carbocycles. The summed E-state index contributed by atoms with van der Waals surface area (Å²) in [7, 11) is 0. The van der Waals surface area contributed by atoms with Crippen LogP contribution >= 0.6 is 0 Å². The van der Waals surface area contributed by atoms with Gasteiger partial charge in [-0.1, -0.05) is 36.4 Å². The molecule has 1 aliphatic carbocycles. The standard InChI is InChI=1S/C30H37FN2O3/c1-29(2,3)36-28(34)33-20-30(21-33)14-11-25(18-30)32-15-12-23(13-16-32)26-17-24(31)9-10-27(26)35-19-22-7-5-4-6-8-22/h4-10,12,17,25H,11,13-16,18-21H2,1-3H3. The third-order valence-electron chi connectivity index (χ3n) is 7.66. The van der Waals surface area contributed by atoms with Crippen LogP contribution in [0.5, 0.6) is 5.75 Å². The van der Waals surface area contributed by atoms with E-state index in [9.17, 15) is 9.18 Å². The van der Waals surface area contributed by atoms with Gasteiger partial charge in [-0.3, -0.25) is 4.90 Å². The van der Waals surface area contributed by atoms with Crippen molar-refractivity contribution in [3.05, 3.63) is 71.6 Å². The minimum Gasteiger partial charge on any atom is -0.488 e. The lowest BCUT2D eigenvalue weighted by Crippen LogP contribution is -2.58. The van der Waals surface area contributed by atoms with Gasteiger partial charge in [-0.25, -0.2) is 9.18 Å². The minimum absolute atomic E-state index is 0.192. The Morgan fingerprint density at radius 3 is 2.61 bits per heavy atom. The minimum atomic E-state index is -0.454. The van der Waals surface area contributed by atoms with Crippen LogP contribution < -0.4 is 4.74 Å². The Bertz CT molecular complexity index is 1120. The van der Waals surface area contributed by atoms with Crippen LogP contribution in [0.25, 0.3) is 5.57 Å². The highest BCUT2D eigenvalue weighted by atomic mass is 19.1. The first kappa shape index (κ1) is 24.8. The van der Waals surface area contributed by atoms with Gasteiger partial charge in [-0.15, -0.1) is 0 Å². The number of ether oxygens (including phenoxy) is 2. The fourth-order valence-electron chi connectivity index (χ4n) is 5.87. The van der Waals surface area contributed by atoms with Crippen molar-refractivity contribution in [2.45, 2.75) is 64.7 Å². The number of rotatable bonds is 5. The molecule has 2 heterocycles. The van der Waals surface area contributed by atoms with Crippen LogP contribution in [-0.4, -0.2) is 53.7 Å². The molecular formula is C30H37FN2O3. The van der Waals surface area contributed by atoms with Crippen LogP contribution in [-0.2, 0) is 11.3 Å². The number of nitrogens with zero attached hydrogens (tertiary/aromatic N) is 2. The number of hydrogen-bond donors (Lipinski definition) is 0. The van der Waals surface area contributed by atoms with Gasteiger partial charge < -0.3 is 14.4 Å². The summed E-state index contributed by atoms with van der Waals surface area (Å²) in [5, 5.41) is 0. The fourth-order valence-corrected chi connectivity index (χ4v) is 5.87. The second-order valence-corrected chi connectivity index (χ2v) is 11.6. The third-order valence-corrected chi connectivity index (χ3v) is 7.66. The van der Waals surface area contributed by atoms with E-state index >= 15 is 0 Å². The summed E-state index contributed by atoms with van der Waals surface area (Å²) in [6.07, 6.45) is 6.37. The third kappa shape index (κ3) is 5.59. The lowest BCUT2D eigenvalue weighted by Gasteiger charge is -2.48. The van der Waals surface area contributed by atoms with E-state index in [4.69, 9.17) is 9.47 Å². The molecule has 0 N–H and O–H groups in total.